The van der Waals surface area contributed by atoms with Crippen LogP contribution in [-0.2, 0) is 11.3 Å². The molecule has 0 atom stereocenters. The molecule has 0 saturated heterocycles. The molecule has 0 spiro atoms. The maximum Gasteiger partial charge on any atom is 0.407 e. The lowest BCUT2D eigenvalue weighted by atomic mass is 10.0. The fraction of sp³-hybridized carbons (Fsp3) is 0.565. The van der Waals surface area contributed by atoms with E-state index in [9.17, 15) is 9.90 Å². The minimum Gasteiger partial charge on any atom is -0.444 e. The Morgan fingerprint density at radius 1 is 1.33 bits per heavy atom. The highest BCUT2D eigenvalue weighted by Gasteiger charge is 2.19. The summed E-state index contributed by atoms with van der Waals surface area (Å²) in [7, 11) is 0. The zero-order chi connectivity index (χ0) is 22.3. The van der Waals surface area contributed by atoms with Crippen molar-refractivity contribution in [3.05, 3.63) is 35.0 Å². The molecule has 2 N–H and O–H groups in total. The quantitative estimate of drug-likeness (QED) is 0.583. The van der Waals surface area contributed by atoms with Crippen LogP contribution in [0.5, 0.6) is 0 Å². The molecule has 1 amide bonds. The molecule has 0 radical (unpaired) electrons. The zero-order valence-electron chi connectivity index (χ0n) is 19.0. The van der Waals surface area contributed by atoms with Crippen LogP contribution in [0.4, 0.5) is 10.5 Å². The Kier molecular flexibility index (Phi) is 8.67. The van der Waals surface area contributed by atoms with E-state index in [-0.39, 0.29) is 6.61 Å². The smallest absolute Gasteiger partial charge is 0.407 e. The largest absolute Gasteiger partial charge is 0.444 e. The normalized spacial score (nSPS) is 11.6. The molecule has 7 heteroatoms. The molecule has 30 heavy (non-hydrogen) atoms. The molecular weight excluding hydrogens is 398 g/mol. The van der Waals surface area contributed by atoms with Gasteiger partial charge in [-0.15, -0.1) is 11.3 Å². The molecule has 1 aromatic heterocycles. The molecule has 0 saturated carbocycles. The number of aliphatic hydroxyl groups is 1. The van der Waals surface area contributed by atoms with Crippen molar-refractivity contribution in [1.82, 2.24) is 10.3 Å². The van der Waals surface area contributed by atoms with Gasteiger partial charge in [-0.05, 0) is 57.2 Å². The summed E-state index contributed by atoms with van der Waals surface area (Å²) in [6.45, 7) is 14.1. The Bertz CT molecular complexity index is 827. The van der Waals surface area contributed by atoms with E-state index < -0.39 is 11.7 Å². The Labute approximate surface area is 184 Å². The third-order valence-corrected chi connectivity index (χ3v) is 5.41. The second-order valence-corrected chi connectivity index (χ2v) is 9.74. The molecule has 0 fully saturated rings. The summed E-state index contributed by atoms with van der Waals surface area (Å²) in [5.41, 5.74) is 5.54. The average Bonchev–Trinajstić information content (AvgIpc) is 3.07. The van der Waals surface area contributed by atoms with E-state index in [0.29, 0.717) is 18.9 Å². The molecule has 0 aliphatic heterocycles. The first kappa shape index (κ1) is 24.2. The molecule has 2 rings (SSSR count). The predicted octanol–water partition coefficient (Wildman–Crippen LogP) is 4.99. The van der Waals surface area contributed by atoms with Crippen LogP contribution < -0.4 is 10.2 Å². The van der Waals surface area contributed by atoms with Gasteiger partial charge in [0.2, 0.25) is 0 Å². The number of nitrogens with one attached hydrogen (secondary N) is 1. The van der Waals surface area contributed by atoms with Crippen LogP contribution in [-0.4, -0.2) is 41.5 Å². The summed E-state index contributed by atoms with van der Waals surface area (Å²) in [6.07, 6.45) is 0.261. The van der Waals surface area contributed by atoms with E-state index in [1.165, 1.54) is 0 Å². The first-order valence-corrected chi connectivity index (χ1v) is 11.3. The van der Waals surface area contributed by atoms with E-state index >= 15 is 0 Å². The number of hydrogen-bond donors (Lipinski definition) is 2. The van der Waals surface area contributed by atoms with Crippen LogP contribution in [0.1, 0.15) is 52.3 Å². The van der Waals surface area contributed by atoms with Gasteiger partial charge in [-0.1, -0.05) is 26.0 Å². The van der Waals surface area contributed by atoms with E-state index in [2.05, 4.69) is 47.2 Å². The van der Waals surface area contributed by atoms with Gasteiger partial charge in [-0.25, -0.2) is 9.78 Å². The number of rotatable bonds is 9. The Morgan fingerprint density at radius 3 is 2.63 bits per heavy atom. The summed E-state index contributed by atoms with van der Waals surface area (Å²) < 4.78 is 5.38. The van der Waals surface area contributed by atoms with Crippen molar-refractivity contribution in [3.63, 3.8) is 0 Å². The highest BCUT2D eigenvalue weighted by atomic mass is 32.1. The predicted molar refractivity (Wildman–Crippen MR) is 124 cm³/mol. The van der Waals surface area contributed by atoms with Crippen molar-refractivity contribution in [2.75, 3.05) is 24.6 Å². The van der Waals surface area contributed by atoms with Gasteiger partial charge in [-0.3, -0.25) is 0 Å². The maximum atomic E-state index is 12.2. The van der Waals surface area contributed by atoms with Crippen LogP contribution in [0.3, 0.4) is 0 Å². The minimum absolute atomic E-state index is 0.147. The number of carbonyl (C=O) groups excluding carboxylic acids is 1. The van der Waals surface area contributed by atoms with E-state index in [1.54, 1.807) is 11.3 Å². The lowest BCUT2D eigenvalue weighted by Crippen LogP contribution is -2.34. The average molecular weight is 434 g/mol. The standard InChI is InChI=1S/C23H35N3O3S/c1-16(2)14-26(10-7-11-27)20-12-18(21-17(3)25-15-30-21)8-9-19(20)13-24-22(28)29-23(4,5)6/h8-9,12,15-16,27H,7,10-11,13-14H2,1-6H3,(H,24,28). The van der Waals surface area contributed by atoms with Crippen molar-refractivity contribution in [2.24, 2.45) is 5.92 Å². The second-order valence-electron chi connectivity index (χ2n) is 8.88. The number of aliphatic hydroxyl groups excluding tert-OH is 1. The minimum atomic E-state index is -0.536. The fourth-order valence-electron chi connectivity index (χ4n) is 3.22. The van der Waals surface area contributed by atoms with Crippen molar-refractivity contribution in [1.29, 1.82) is 0 Å². The van der Waals surface area contributed by atoms with Crippen LogP contribution in [0, 0.1) is 12.8 Å². The number of aryl methyl sites for hydroxylation is 1. The van der Waals surface area contributed by atoms with Crippen LogP contribution in [0.2, 0.25) is 0 Å². The molecule has 0 aliphatic carbocycles. The van der Waals surface area contributed by atoms with Crippen molar-refractivity contribution < 1.29 is 14.6 Å². The van der Waals surface area contributed by atoms with E-state index in [1.807, 2.05) is 33.2 Å². The van der Waals surface area contributed by atoms with Crippen LogP contribution in [0.15, 0.2) is 23.7 Å². The van der Waals surface area contributed by atoms with Gasteiger partial charge in [0, 0.05) is 31.9 Å². The molecular formula is C23H35N3O3S. The summed E-state index contributed by atoms with van der Waals surface area (Å²) in [6, 6.07) is 6.32. The number of anilines is 1. The van der Waals surface area contributed by atoms with E-state index in [4.69, 9.17) is 4.74 Å². The summed E-state index contributed by atoms with van der Waals surface area (Å²) in [5, 5.41) is 12.3. The molecule has 2 aromatic rings. The Balaban J connectivity index is 2.36. The molecule has 166 valence electrons. The molecule has 6 nitrogen and oxygen atoms in total. The van der Waals surface area contributed by atoms with Crippen LogP contribution in [0.25, 0.3) is 10.4 Å². The number of ether oxygens (including phenoxy) is 1. The molecule has 0 aliphatic rings. The number of carbonyl (C=O) groups is 1. The van der Waals surface area contributed by atoms with Crippen molar-refractivity contribution >= 4 is 23.1 Å². The first-order chi connectivity index (χ1) is 14.1. The number of alkyl carbamates (subject to hydrolysis) is 1. The fourth-order valence-corrected chi connectivity index (χ4v) is 4.02. The highest BCUT2D eigenvalue weighted by molar-refractivity contribution is 7.13. The van der Waals surface area contributed by atoms with Gasteiger partial charge in [0.05, 0.1) is 16.1 Å². The number of aromatic nitrogens is 1. The summed E-state index contributed by atoms with van der Waals surface area (Å²) in [4.78, 5) is 20.0. The van der Waals surface area contributed by atoms with Gasteiger partial charge >= 0.3 is 6.09 Å². The number of thiazole rings is 1. The van der Waals surface area contributed by atoms with Crippen LogP contribution >= 0.6 is 11.3 Å². The number of amides is 1. The van der Waals surface area contributed by atoms with Crippen molar-refractivity contribution in [2.45, 2.75) is 60.1 Å². The van der Waals surface area contributed by atoms with Gasteiger partial charge in [0.15, 0.2) is 0 Å². The molecule has 0 unspecified atom stereocenters. The molecule has 0 bridgehead atoms. The SMILES string of the molecule is Cc1ncsc1-c1ccc(CNC(=O)OC(C)(C)C)c(N(CCCO)CC(C)C)c1. The van der Waals surface area contributed by atoms with Crippen molar-refractivity contribution in [3.8, 4) is 10.4 Å². The Morgan fingerprint density at radius 2 is 2.07 bits per heavy atom. The van der Waals surface area contributed by atoms with Gasteiger partial charge in [0.25, 0.3) is 0 Å². The van der Waals surface area contributed by atoms with Gasteiger partial charge in [0.1, 0.15) is 5.60 Å². The van der Waals surface area contributed by atoms with Gasteiger partial charge in [-0.2, -0.15) is 0 Å². The Hall–Kier alpha value is -2.12. The topological polar surface area (TPSA) is 74.7 Å². The summed E-state index contributed by atoms with van der Waals surface area (Å²) >= 11 is 1.63. The third kappa shape index (κ3) is 7.29. The maximum absolute atomic E-state index is 12.2. The first-order valence-electron chi connectivity index (χ1n) is 10.5. The lowest BCUT2D eigenvalue weighted by Gasteiger charge is -2.29. The summed E-state index contributed by atoms with van der Waals surface area (Å²) in [5.74, 6) is 0.462. The molecule has 1 aromatic carbocycles. The number of nitrogens with zero attached hydrogens (tertiary/aromatic N) is 2. The number of benzene rings is 1. The molecule has 1 heterocycles. The monoisotopic (exact) mass is 433 g/mol. The highest BCUT2D eigenvalue weighted by Crippen LogP contribution is 2.33. The number of hydrogen-bond acceptors (Lipinski definition) is 6. The van der Waals surface area contributed by atoms with Gasteiger partial charge < -0.3 is 20.1 Å². The lowest BCUT2D eigenvalue weighted by molar-refractivity contribution is 0.0523. The third-order valence-electron chi connectivity index (χ3n) is 4.43. The van der Waals surface area contributed by atoms with E-state index in [0.717, 1.165) is 40.5 Å². The zero-order valence-corrected chi connectivity index (χ0v) is 19.8. The second kappa shape index (κ2) is 10.8.